The summed E-state index contributed by atoms with van der Waals surface area (Å²) < 4.78 is 0. The lowest BCUT2D eigenvalue weighted by molar-refractivity contribution is 0.130. The molecule has 1 heteroatoms. The molecule has 68 valence electrons. The summed E-state index contributed by atoms with van der Waals surface area (Å²) in [6.07, 6.45) is 5.96. The van der Waals surface area contributed by atoms with E-state index in [1.54, 1.807) is 0 Å². The third-order valence-electron chi connectivity index (χ3n) is 2.14. The topological polar surface area (TPSA) is 20.2 Å². The van der Waals surface area contributed by atoms with Crippen LogP contribution >= 0.6 is 0 Å². The molecule has 0 aliphatic heterocycles. The van der Waals surface area contributed by atoms with Crippen LogP contribution in [-0.2, 0) is 0 Å². The Balaban J connectivity index is 0.000000292. The molecule has 1 aliphatic rings. The largest absolute Gasteiger partial charge is 0.393 e. The zero-order valence-electron chi connectivity index (χ0n) is 8.14. The van der Waals surface area contributed by atoms with Crippen LogP contribution < -0.4 is 0 Å². The normalized spacial score (nSPS) is 29.5. The standard InChI is InChI=1S/C7H14O.C3H8/c1-2-6-4-3-5-7(6)8;1-3-2/h6-8H,2-5H2,1H3;3H2,1-2H3. The Morgan fingerprint density at radius 1 is 1.18 bits per heavy atom. The van der Waals surface area contributed by atoms with E-state index < -0.39 is 0 Å². The number of rotatable bonds is 1. The lowest BCUT2D eigenvalue weighted by atomic mass is 10.0. The Bertz CT molecular complexity index is 80.9. The lowest BCUT2D eigenvalue weighted by Gasteiger charge is -2.09. The first kappa shape index (κ1) is 11.0. The van der Waals surface area contributed by atoms with E-state index in [2.05, 4.69) is 20.8 Å². The first-order valence-corrected chi connectivity index (χ1v) is 4.94. The summed E-state index contributed by atoms with van der Waals surface area (Å²) in [6, 6.07) is 0. The molecule has 0 aromatic heterocycles. The highest BCUT2D eigenvalue weighted by Gasteiger charge is 2.22. The van der Waals surface area contributed by atoms with Crippen LogP contribution in [-0.4, -0.2) is 11.2 Å². The molecule has 1 fully saturated rings. The van der Waals surface area contributed by atoms with Crippen molar-refractivity contribution in [3.05, 3.63) is 0 Å². The molecule has 0 bridgehead atoms. The summed E-state index contributed by atoms with van der Waals surface area (Å²) in [6.45, 7) is 6.40. The molecule has 0 aromatic carbocycles. The zero-order chi connectivity index (χ0) is 8.69. The van der Waals surface area contributed by atoms with Crippen molar-refractivity contribution in [2.24, 2.45) is 5.92 Å². The highest BCUT2D eigenvalue weighted by atomic mass is 16.3. The van der Waals surface area contributed by atoms with Gasteiger partial charge in [-0.2, -0.15) is 0 Å². The molecule has 1 saturated carbocycles. The van der Waals surface area contributed by atoms with Gasteiger partial charge in [-0.3, -0.25) is 0 Å². The monoisotopic (exact) mass is 158 g/mol. The van der Waals surface area contributed by atoms with Crippen LogP contribution in [0.2, 0.25) is 0 Å². The summed E-state index contributed by atoms with van der Waals surface area (Å²) in [5.41, 5.74) is 0. The van der Waals surface area contributed by atoms with Gasteiger partial charge in [0.15, 0.2) is 0 Å². The van der Waals surface area contributed by atoms with E-state index in [0.29, 0.717) is 5.92 Å². The van der Waals surface area contributed by atoms with Crippen LogP contribution in [0.15, 0.2) is 0 Å². The minimum absolute atomic E-state index is 0.0278. The minimum Gasteiger partial charge on any atom is -0.393 e. The fourth-order valence-electron chi connectivity index (χ4n) is 1.49. The summed E-state index contributed by atoms with van der Waals surface area (Å²) in [4.78, 5) is 0. The van der Waals surface area contributed by atoms with Gasteiger partial charge in [0.05, 0.1) is 6.10 Å². The van der Waals surface area contributed by atoms with E-state index in [1.165, 1.54) is 19.3 Å². The summed E-state index contributed by atoms with van der Waals surface area (Å²) in [5, 5.41) is 9.19. The second-order valence-electron chi connectivity index (χ2n) is 3.37. The number of hydrogen-bond donors (Lipinski definition) is 1. The van der Waals surface area contributed by atoms with Gasteiger partial charge < -0.3 is 5.11 Å². The Morgan fingerprint density at radius 2 is 1.73 bits per heavy atom. The Hall–Kier alpha value is -0.0400. The van der Waals surface area contributed by atoms with Gasteiger partial charge in [-0.15, -0.1) is 0 Å². The van der Waals surface area contributed by atoms with Crippen molar-refractivity contribution in [2.45, 2.75) is 59.0 Å². The molecule has 0 amide bonds. The van der Waals surface area contributed by atoms with Gasteiger partial charge in [-0.1, -0.05) is 40.0 Å². The van der Waals surface area contributed by atoms with Crippen LogP contribution in [0.1, 0.15) is 52.9 Å². The van der Waals surface area contributed by atoms with Crippen LogP contribution in [0.25, 0.3) is 0 Å². The van der Waals surface area contributed by atoms with E-state index in [-0.39, 0.29) is 6.10 Å². The van der Waals surface area contributed by atoms with E-state index >= 15 is 0 Å². The molecule has 1 N–H and O–H groups in total. The Morgan fingerprint density at radius 3 is 1.91 bits per heavy atom. The van der Waals surface area contributed by atoms with Gasteiger partial charge in [-0.25, -0.2) is 0 Å². The molecule has 1 rings (SSSR count). The predicted molar refractivity (Wildman–Crippen MR) is 49.6 cm³/mol. The first-order chi connectivity index (χ1) is 5.26. The van der Waals surface area contributed by atoms with Gasteiger partial charge in [0.2, 0.25) is 0 Å². The molecular formula is C10H22O. The molecule has 0 saturated heterocycles. The fourth-order valence-corrected chi connectivity index (χ4v) is 1.49. The van der Waals surface area contributed by atoms with E-state index in [4.69, 9.17) is 0 Å². The molecule has 2 atom stereocenters. The van der Waals surface area contributed by atoms with Gasteiger partial charge in [0.1, 0.15) is 0 Å². The fraction of sp³-hybridized carbons (Fsp3) is 1.00. The van der Waals surface area contributed by atoms with Gasteiger partial charge in [0.25, 0.3) is 0 Å². The smallest absolute Gasteiger partial charge is 0.0568 e. The van der Waals surface area contributed by atoms with Crippen LogP contribution in [0.5, 0.6) is 0 Å². The number of aliphatic hydroxyl groups excluding tert-OH is 1. The average Bonchev–Trinajstić information content (AvgIpc) is 2.36. The lowest BCUT2D eigenvalue weighted by Crippen LogP contribution is -2.10. The third-order valence-corrected chi connectivity index (χ3v) is 2.14. The second kappa shape index (κ2) is 6.66. The maximum atomic E-state index is 9.19. The minimum atomic E-state index is 0.0278. The second-order valence-corrected chi connectivity index (χ2v) is 3.37. The highest BCUT2D eigenvalue weighted by molar-refractivity contribution is 4.74. The quantitative estimate of drug-likeness (QED) is 0.622. The van der Waals surface area contributed by atoms with Gasteiger partial charge >= 0.3 is 0 Å². The van der Waals surface area contributed by atoms with Crippen LogP contribution in [0, 0.1) is 5.92 Å². The molecule has 0 heterocycles. The zero-order valence-corrected chi connectivity index (χ0v) is 8.14. The maximum absolute atomic E-state index is 9.19. The SMILES string of the molecule is CCC.CCC1CCCC1O. The van der Waals surface area contributed by atoms with E-state index in [0.717, 1.165) is 12.8 Å². The maximum Gasteiger partial charge on any atom is 0.0568 e. The highest BCUT2D eigenvalue weighted by Crippen LogP contribution is 2.27. The van der Waals surface area contributed by atoms with Crippen molar-refractivity contribution < 1.29 is 5.11 Å². The van der Waals surface area contributed by atoms with Crippen LogP contribution in [0.4, 0.5) is 0 Å². The number of aliphatic hydroxyl groups is 1. The van der Waals surface area contributed by atoms with Crippen molar-refractivity contribution in [3.63, 3.8) is 0 Å². The van der Waals surface area contributed by atoms with Gasteiger partial charge in [-0.05, 0) is 18.8 Å². The van der Waals surface area contributed by atoms with E-state index in [1.807, 2.05) is 0 Å². The molecular weight excluding hydrogens is 136 g/mol. The summed E-state index contributed by atoms with van der Waals surface area (Å²) in [7, 11) is 0. The molecule has 1 nitrogen and oxygen atoms in total. The Kier molecular flexibility index (Phi) is 6.63. The summed E-state index contributed by atoms with van der Waals surface area (Å²) >= 11 is 0. The van der Waals surface area contributed by atoms with Gasteiger partial charge in [0, 0.05) is 0 Å². The van der Waals surface area contributed by atoms with E-state index in [9.17, 15) is 5.11 Å². The number of hydrogen-bond acceptors (Lipinski definition) is 1. The van der Waals surface area contributed by atoms with Crippen molar-refractivity contribution >= 4 is 0 Å². The Labute approximate surface area is 70.8 Å². The molecule has 0 radical (unpaired) electrons. The predicted octanol–water partition coefficient (Wildman–Crippen LogP) is 2.97. The summed E-state index contributed by atoms with van der Waals surface area (Å²) in [5.74, 6) is 0.620. The van der Waals surface area contributed by atoms with Crippen molar-refractivity contribution in [1.29, 1.82) is 0 Å². The van der Waals surface area contributed by atoms with Crippen molar-refractivity contribution in [3.8, 4) is 0 Å². The molecule has 1 aliphatic carbocycles. The molecule has 11 heavy (non-hydrogen) atoms. The first-order valence-electron chi connectivity index (χ1n) is 4.94. The molecule has 0 spiro atoms. The van der Waals surface area contributed by atoms with Crippen molar-refractivity contribution in [2.75, 3.05) is 0 Å². The average molecular weight is 158 g/mol. The van der Waals surface area contributed by atoms with Crippen LogP contribution in [0.3, 0.4) is 0 Å². The molecule has 0 aromatic rings. The third kappa shape index (κ3) is 4.41. The molecule has 2 unspecified atom stereocenters. The van der Waals surface area contributed by atoms with Crippen molar-refractivity contribution in [1.82, 2.24) is 0 Å².